The highest BCUT2D eigenvalue weighted by molar-refractivity contribution is 5.96. The average molecular weight is 379 g/mol. The number of hydrogen-bond donors (Lipinski definition) is 2. The van der Waals surface area contributed by atoms with Crippen LogP contribution in [0.5, 0.6) is 0 Å². The molecule has 0 aliphatic carbocycles. The minimum atomic E-state index is -1.06. The number of benzene rings is 2. The van der Waals surface area contributed by atoms with E-state index in [-0.39, 0.29) is 12.3 Å². The molecule has 2 aromatic carbocycles. The molecular weight excluding hydrogens is 358 g/mol. The van der Waals surface area contributed by atoms with Crippen molar-refractivity contribution in [2.75, 3.05) is 5.32 Å². The second-order valence-electron chi connectivity index (χ2n) is 6.15. The fourth-order valence-electron chi connectivity index (χ4n) is 2.57. The Morgan fingerprint density at radius 2 is 1.71 bits per heavy atom. The first-order valence-corrected chi connectivity index (χ1v) is 8.72. The van der Waals surface area contributed by atoms with Crippen molar-refractivity contribution in [3.05, 3.63) is 65.7 Å². The average Bonchev–Trinajstić information content (AvgIpc) is 2.68. The Morgan fingerprint density at radius 3 is 2.36 bits per heavy atom. The molecule has 0 aliphatic rings. The molecule has 0 aromatic heterocycles. The van der Waals surface area contributed by atoms with E-state index in [1.807, 2.05) is 12.1 Å². The van der Waals surface area contributed by atoms with Gasteiger partial charge in [-0.15, -0.1) is 0 Å². The Balaban J connectivity index is 1.99. The maximum atomic E-state index is 12.3. The number of nitrogens with one attached hydrogen (secondary N) is 2. The van der Waals surface area contributed by atoms with Crippen molar-refractivity contribution >= 4 is 23.5 Å². The van der Waals surface area contributed by atoms with Gasteiger partial charge < -0.3 is 15.4 Å². The zero-order valence-corrected chi connectivity index (χ0v) is 15.6. The number of ether oxygens (including phenoxy) is 1. The Kier molecular flexibility index (Phi) is 7.28. The molecule has 144 valence electrons. The lowest BCUT2D eigenvalue weighted by Crippen LogP contribution is -2.33. The fourth-order valence-corrected chi connectivity index (χ4v) is 2.57. The molecule has 2 amide bonds. The van der Waals surface area contributed by atoms with E-state index in [1.54, 1.807) is 48.5 Å². The van der Waals surface area contributed by atoms with Crippen molar-refractivity contribution < 1.29 is 19.1 Å². The van der Waals surface area contributed by atoms with Gasteiger partial charge in [-0.25, -0.2) is 0 Å². The lowest BCUT2D eigenvalue weighted by Gasteiger charge is -2.19. The van der Waals surface area contributed by atoms with Gasteiger partial charge in [-0.05, 0) is 24.6 Å². The third-order valence-corrected chi connectivity index (χ3v) is 3.93. The molecule has 0 fully saturated rings. The predicted molar refractivity (Wildman–Crippen MR) is 103 cm³/mol. The molecule has 0 aliphatic heterocycles. The van der Waals surface area contributed by atoms with E-state index in [2.05, 4.69) is 10.6 Å². The van der Waals surface area contributed by atoms with Crippen LogP contribution in [-0.2, 0) is 19.1 Å². The highest BCUT2D eigenvalue weighted by atomic mass is 16.5. The molecule has 0 saturated carbocycles. The molecule has 0 heterocycles. The minimum Gasteiger partial charge on any atom is -0.452 e. The number of anilines is 1. The molecule has 2 N–H and O–H groups in total. The molecule has 0 radical (unpaired) electrons. The molecule has 2 rings (SSSR count). The van der Waals surface area contributed by atoms with Crippen molar-refractivity contribution in [2.45, 2.75) is 32.4 Å². The van der Waals surface area contributed by atoms with E-state index in [1.165, 1.54) is 13.8 Å². The van der Waals surface area contributed by atoms with Crippen LogP contribution in [0.15, 0.2) is 54.6 Å². The van der Waals surface area contributed by atoms with Crippen LogP contribution >= 0.6 is 0 Å². The van der Waals surface area contributed by atoms with Gasteiger partial charge in [0.15, 0.2) is 6.10 Å². The van der Waals surface area contributed by atoms with E-state index in [0.717, 1.165) is 5.56 Å². The number of para-hydroxylation sites is 1. The summed E-state index contributed by atoms with van der Waals surface area (Å²) >= 11 is 0. The normalized spacial score (nSPS) is 12.2. The number of nitrogens with zero attached hydrogens (tertiary/aromatic N) is 1. The minimum absolute atomic E-state index is 0.115. The lowest BCUT2D eigenvalue weighted by atomic mass is 10.0. The van der Waals surface area contributed by atoms with E-state index >= 15 is 0 Å². The second kappa shape index (κ2) is 9.88. The van der Waals surface area contributed by atoms with Crippen LogP contribution in [0.1, 0.15) is 37.4 Å². The summed E-state index contributed by atoms with van der Waals surface area (Å²) in [4.78, 5) is 36.0. The first kappa shape index (κ1) is 20.6. The first-order valence-electron chi connectivity index (χ1n) is 8.72. The molecule has 0 saturated heterocycles. The number of carbonyl (C=O) groups is 3. The van der Waals surface area contributed by atoms with Gasteiger partial charge >= 0.3 is 5.97 Å². The molecule has 2 atom stereocenters. The Morgan fingerprint density at radius 1 is 1.07 bits per heavy atom. The van der Waals surface area contributed by atoms with Crippen LogP contribution in [0.25, 0.3) is 0 Å². The van der Waals surface area contributed by atoms with Gasteiger partial charge in [0.05, 0.1) is 23.7 Å². The number of carbonyl (C=O) groups excluding carboxylic acids is 3. The van der Waals surface area contributed by atoms with E-state index in [9.17, 15) is 14.4 Å². The summed E-state index contributed by atoms with van der Waals surface area (Å²) in [6, 6.07) is 17.0. The van der Waals surface area contributed by atoms with Gasteiger partial charge in [0.2, 0.25) is 5.91 Å². The molecule has 28 heavy (non-hydrogen) atoms. The third kappa shape index (κ3) is 5.95. The van der Waals surface area contributed by atoms with Gasteiger partial charge in [0, 0.05) is 6.92 Å². The largest absolute Gasteiger partial charge is 0.452 e. The fraction of sp³-hybridized carbons (Fsp3) is 0.238. The Bertz CT molecular complexity index is 890. The molecule has 0 unspecified atom stereocenters. The van der Waals surface area contributed by atoms with Crippen LogP contribution in [0, 0.1) is 11.3 Å². The summed E-state index contributed by atoms with van der Waals surface area (Å²) in [6.45, 7) is 2.81. The third-order valence-electron chi connectivity index (χ3n) is 3.93. The number of amides is 2. The number of nitriles is 1. The van der Waals surface area contributed by atoms with Gasteiger partial charge in [-0.3, -0.25) is 14.4 Å². The van der Waals surface area contributed by atoms with E-state index in [0.29, 0.717) is 11.3 Å². The van der Waals surface area contributed by atoms with Crippen molar-refractivity contribution in [1.82, 2.24) is 5.32 Å². The first-order chi connectivity index (χ1) is 13.4. The number of hydrogen-bond acceptors (Lipinski definition) is 5. The Hall–Kier alpha value is -3.66. The SMILES string of the molecule is CC(=O)N[C@@H](CC(=O)O[C@H](C)C(=O)Nc1ccccc1C#N)c1ccccc1. The zero-order chi connectivity index (χ0) is 20.5. The quantitative estimate of drug-likeness (QED) is 0.719. The maximum absolute atomic E-state index is 12.3. The van der Waals surface area contributed by atoms with E-state index < -0.39 is 24.0 Å². The van der Waals surface area contributed by atoms with Crippen molar-refractivity contribution in [1.29, 1.82) is 5.26 Å². The van der Waals surface area contributed by atoms with Crippen LogP contribution in [0.3, 0.4) is 0 Å². The Labute approximate surface area is 163 Å². The van der Waals surface area contributed by atoms with Crippen molar-refractivity contribution in [3.63, 3.8) is 0 Å². The van der Waals surface area contributed by atoms with Crippen LogP contribution in [0.2, 0.25) is 0 Å². The summed E-state index contributed by atoms with van der Waals surface area (Å²) < 4.78 is 5.21. The summed E-state index contributed by atoms with van der Waals surface area (Å²) in [5.41, 5.74) is 1.41. The van der Waals surface area contributed by atoms with Gasteiger partial charge in [0.1, 0.15) is 6.07 Å². The standard InChI is InChI=1S/C21H21N3O4/c1-14(21(27)24-18-11-7-6-10-17(18)13-22)28-20(26)12-19(23-15(2)25)16-8-4-3-5-9-16/h3-11,14,19H,12H2,1-2H3,(H,23,25)(H,24,27)/t14-,19+/m1/s1. The van der Waals surface area contributed by atoms with Crippen LogP contribution in [-0.4, -0.2) is 23.9 Å². The van der Waals surface area contributed by atoms with Crippen LogP contribution in [0.4, 0.5) is 5.69 Å². The summed E-state index contributed by atoms with van der Waals surface area (Å²) in [5.74, 6) is -1.45. The van der Waals surface area contributed by atoms with Crippen LogP contribution < -0.4 is 10.6 Å². The molecule has 0 bridgehead atoms. The number of rotatable bonds is 7. The lowest BCUT2D eigenvalue weighted by molar-refractivity contribution is -0.153. The second-order valence-corrected chi connectivity index (χ2v) is 6.15. The topological polar surface area (TPSA) is 108 Å². The van der Waals surface area contributed by atoms with Crippen molar-refractivity contribution in [3.8, 4) is 6.07 Å². The molecule has 7 heteroatoms. The highest BCUT2D eigenvalue weighted by Crippen LogP contribution is 2.18. The maximum Gasteiger partial charge on any atom is 0.309 e. The monoisotopic (exact) mass is 379 g/mol. The van der Waals surface area contributed by atoms with Crippen molar-refractivity contribution in [2.24, 2.45) is 0 Å². The smallest absolute Gasteiger partial charge is 0.309 e. The predicted octanol–water partition coefficient (Wildman–Crippen LogP) is 2.70. The molecule has 0 spiro atoms. The molecule has 2 aromatic rings. The van der Waals surface area contributed by atoms with E-state index in [4.69, 9.17) is 10.00 Å². The number of esters is 1. The summed E-state index contributed by atoms with van der Waals surface area (Å²) in [5, 5.41) is 14.4. The highest BCUT2D eigenvalue weighted by Gasteiger charge is 2.23. The molecule has 7 nitrogen and oxygen atoms in total. The summed E-state index contributed by atoms with van der Waals surface area (Å²) in [6.07, 6.45) is -1.18. The van der Waals surface area contributed by atoms with Gasteiger partial charge in [-0.2, -0.15) is 5.26 Å². The van der Waals surface area contributed by atoms with Gasteiger partial charge in [0.25, 0.3) is 5.91 Å². The zero-order valence-electron chi connectivity index (χ0n) is 15.6. The molecular formula is C21H21N3O4. The summed E-state index contributed by atoms with van der Waals surface area (Å²) in [7, 11) is 0. The van der Waals surface area contributed by atoms with Gasteiger partial charge in [-0.1, -0.05) is 42.5 Å².